The lowest BCUT2D eigenvalue weighted by Crippen LogP contribution is -2.38. The molecule has 0 spiro atoms. The maximum Gasteiger partial charge on any atom is 0.119 e. The number of aliphatic hydroxyl groups is 1. The number of rotatable bonds is 6. The first-order valence-corrected chi connectivity index (χ1v) is 9.23. The van der Waals surface area contributed by atoms with Crippen LogP contribution in [0, 0.1) is 6.92 Å². The Kier molecular flexibility index (Phi) is 5.77. The van der Waals surface area contributed by atoms with Gasteiger partial charge < -0.3 is 9.84 Å². The molecule has 3 heteroatoms. The summed E-state index contributed by atoms with van der Waals surface area (Å²) in [6, 6.07) is 14.9. The summed E-state index contributed by atoms with van der Waals surface area (Å²) in [4.78, 5) is 2.31. The molecule has 0 radical (unpaired) electrons. The van der Waals surface area contributed by atoms with E-state index in [-0.39, 0.29) is 0 Å². The van der Waals surface area contributed by atoms with Gasteiger partial charge in [-0.3, -0.25) is 4.90 Å². The highest BCUT2D eigenvalue weighted by Gasteiger charge is 2.18. The van der Waals surface area contributed by atoms with E-state index < -0.39 is 6.10 Å². The second kappa shape index (κ2) is 8.03. The van der Waals surface area contributed by atoms with Crippen LogP contribution in [-0.4, -0.2) is 35.8 Å². The molecule has 0 saturated carbocycles. The van der Waals surface area contributed by atoms with Crippen molar-refractivity contribution in [2.45, 2.75) is 45.8 Å². The van der Waals surface area contributed by atoms with Crippen LogP contribution in [0.15, 0.2) is 42.5 Å². The molecule has 0 aliphatic carbocycles. The van der Waals surface area contributed by atoms with Gasteiger partial charge in [-0.15, -0.1) is 0 Å². The third-order valence-corrected chi connectivity index (χ3v) is 4.86. The molecule has 2 aromatic carbocycles. The average Bonchev–Trinajstić information content (AvgIpc) is 2.59. The lowest BCUT2D eigenvalue weighted by Gasteiger charge is -2.30. The quantitative estimate of drug-likeness (QED) is 0.866. The van der Waals surface area contributed by atoms with Crippen molar-refractivity contribution in [2.75, 3.05) is 19.7 Å². The summed E-state index contributed by atoms with van der Waals surface area (Å²) >= 11 is 0. The van der Waals surface area contributed by atoms with Crippen molar-refractivity contribution >= 4 is 0 Å². The van der Waals surface area contributed by atoms with E-state index in [1.165, 1.54) is 22.3 Å². The number of hydrogen-bond acceptors (Lipinski definition) is 3. The Morgan fingerprint density at radius 1 is 1.12 bits per heavy atom. The Labute approximate surface area is 151 Å². The highest BCUT2D eigenvalue weighted by Crippen LogP contribution is 2.23. The Morgan fingerprint density at radius 3 is 2.64 bits per heavy atom. The van der Waals surface area contributed by atoms with Crippen LogP contribution in [0.2, 0.25) is 0 Å². The van der Waals surface area contributed by atoms with Gasteiger partial charge in [-0.05, 0) is 53.6 Å². The monoisotopic (exact) mass is 339 g/mol. The van der Waals surface area contributed by atoms with Crippen molar-refractivity contribution in [2.24, 2.45) is 0 Å². The van der Waals surface area contributed by atoms with Crippen molar-refractivity contribution in [3.05, 3.63) is 64.7 Å². The third kappa shape index (κ3) is 4.83. The Bertz CT molecular complexity index is 711. The fraction of sp³-hybridized carbons (Fsp3) is 0.455. The number of fused-ring (bicyclic) bond motifs is 1. The number of hydrogen-bond donors (Lipinski definition) is 1. The van der Waals surface area contributed by atoms with E-state index in [0.717, 1.165) is 25.3 Å². The van der Waals surface area contributed by atoms with Gasteiger partial charge in [-0.2, -0.15) is 0 Å². The van der Waals surface area contributed by atoms with Crippen molar-refractivity contribution in [3.8, 4) is 5.75 Å². The van der Waals surface area contributed by atoms with Gasteiger partial charge in [-0.25, -0.2) is 0 Å². The van der Waals surface area contributed by atoms with Gasteiger partial charge in [0.15, 0.2) is 0 Å². The molecular formula is C22H29NO2. The van der Waals surface area contributed by atoms with Crippen LogP contribution in [0.5, 0.6) is 5.75 Å². The number of aliphatic hydroxyl groups excluding tert-OH is 1. The largest absolute Gasteiger partial charge is 0.491 e. The molecule has 0 bridgehead atoms. The van der Waals surface area contributed by atoms with Crippen LogP contribution >= 0.6 is 0 Å². The van der Waals surface area contributed by atoms with Gasteiger partial charge in [0.25, 0.3) is 0 Å². The molecule has 25 heavy (non-hydrogen) atoms. The van der Waals surface area contributed by atoms with Crippen LogP contribution in [0.3, 0.4) is 0 Å². The van der Waals surface area contributed by atoms with Crippen LogP contribution in [0.4, 0.5) is 0 Å². The first-order valence-electron chi connectivity index (χ1n) is 9.23. The van der Waals surface area contributed by atoms with Crippen LogP contribution in [0.1, 0.15) is 42.0 Å². The van der Waals surface area contributed by atoms with Crippen molar-refractivity contribution in [1.29, 1.82) is 0 Å². The predicted octanol–water partition coefficient (Wildman–Crippen LogP) is 3.92. The first kappa shape index (κ1) is 18.0. The molecule has 2 aromatic rings. The molecule has 134 valence electrons. The molecule has 1 aliphatic rings. The molecule has 3 nitrogen and oxygen atoms in total. The number of nitrogens with zero attached hydrogens (tertiary/aromatic N) is 1. The summed E-state index contributed by atoms with van der Waals surface area (Å²) in [5.74, 6) is 1.33. The molecule has 1 atom stereocenters. The summed E-state index contributed by atoms with van der Waals surface area (Å²) in [5, 5.41) is 10.4. The topological polar surface area (TPSA) is 32.7 Å². The van der Waals surface area contributed by atoms with Gasteiger partial charge in [0.05, 0.1) is 0 Å². The van der Waals surface area contributed by atoms with Crippen LogP contribution in [-0.2, 0) is 13.0 Å². The fourth-order valence-electron chi connectivity index (χ4n) is 3.45. The number of ether oxygens (including phenoxy) is 1. The van der Waals surface area contributed by atoms with Crippen LogP contribution < -0.4 is 4.74 Å². The van der Waals surface area contributed by atoms with Crippen molar-refractivity contribution in [1.82, 2.24) is 4.90 Å². The summed E-state index contributed by atoms with van der Waals surface area (Å²) < 4.78 is 5.87. The second-order valence-electron chi connectivity index (χ2n) is 7.45. The van der Waals surface area contributed by atoms with E-state index in [2.05, 4.69) is 62.1 Å². The Balaban J connectivity index is 1.53. The molecule has 0 amide bonds. The summed E-state index contributed by atoms with van der Waals surface area (Å²) in [7, 11) is 0. The summed E-state index contributed by atoms with van der Waals surface area (Å²) in [6.07, 6.45) is 0.576. The van der Waals surface area contributed by atoms with Gasteiger partial charge in [0.2, 0.25) is 0 Å². The molecule has 0 aromatic heterocycles. The van der Waals surface area contributed by atoms with E-state index in [1.807, 2.05) is 6.07 Å². The molecule has 0 fully saturated rings. The molecule has 1 heterocycles. The fourth-order valence-corrected chi connectivity index (χ4v) is 3.45. The zero-order valence-corrected chi connectivity index (χ0v) is 15.5. The minimum atomic E-state index is -0.478. The van der Waals surface area contributed by atoms with Gasteiger partial charge in [-0.1, -0.05) is 44.2 Å². The molecule has 1 N–H and O–H groups in total. The Morgan fingerprint density at radius 2 is 1.88 bits per heavy atom. The molecule has 1 aliphatic heterocycles. The Hall–Kier alpha value is -1.84. The normalized spacial score (nSPS) is 15.9. The predicted molar refractivity (Wildman–Crippen MR) is 102 cm³/mol. The molecule has 3 rings (SSSR count). The molecular weight excluding hydrogens is 310 g/mol. The maximum absolute atomic E-state index is 10.4. The minimum Gasteiger partial charge on any atom is -0.491 e. The molecule has 0 unspecified atom stereocenters. The number of benzene rings is 2. The van der Waals surface area contributed by atoms with Gasteiger partial charge in [0.1, 0.15) is 18.5 Å². The lowest BCUT2D eigenvalue weighted by molar-refractivity contribution is 0.0637. The van der Waals surface area contributed by atoms with Gasteiger partial charge >= 0.3 is 0 Å². The zero-order chi connectivity index (χ0) is 17.8. The highest BCUT2D eigenvalue weighted by molar-refractivity contribution is 5.35. The highest BCUT2D eigenvalue weighted by atomic mass is 16.5. The van der Waals surface area contributed by atoms with Crippen molar-refractivity contribution in [3.63, 3.8) is 0 Å². The van der Waals surface area contributed by atoms with Crippen molar-refractivity contribution < 1.29 is 9.84 Å². The number of aryl methyl sites for hydroxylation is 1. The maximum atomic E-state index is 10.4. The van der Waals surface area contributed by atoms with E-state index in [0.29, 0.717) is 19.1 Å². The first-order chi connectivity index (χ1) is 12.0. The summed E-state index contributed by atoms with van der Waals surface area (Å²) in [6.45, 7) is 9.34. The smallest absolute Gasteiger partial charge is 0.119 e. The third-order valence-electron chi connectivity index (χ3n) is 4.86. The van der Waals surface area contributed by atoms with E-state index >= 15 is 0 Å². The molecule has 0 saturated heterocycles. The van der Waals surface area contributed by atoms with E-state index in [1.54, 1.807) is 0 Å². The summed E-state index contributed by atoms with van der Waals surface area (Å²) in [5.41, 5.74) is 5.29. The lowest BCUT2D eigenvalue weighted by atomic mass is 10.00. The van der Waals surface area contributed by atoms with Gasteiger partial charge in [0, 0.05) is 19.6 Å². The van der Waals surface area contributed by atoms with Crippen LogP contribution in [0.25, 0.3) is 0 Å². The number of β-amino-alcohol motifs (C(OH)–C–C–N with tert-alkyl or cyclic N) is 1. The zero-order valence-electron chi connectivity index (χ0n) is 15.5. The SMILES string of the molecule is Cc1cc(OC[C@@H](O)CN2CCc3ccccc3C2)cc(C(C)C)c1. The standard InChI is InChI=1S/C22H29NO2/c1-16(2)20-10-17(3)11-22(12-20)25-15-21(24)14-23-9-8-18-6-4-5-7-19(18)13-23/h4-7,10-12,16,21,24H,8-9,13-15H2,1-3H3/t21-/m0/s1. The second-order valence-corrected chi connectivity index (χ2v) is 7.45. The van der Waals surface area contributed by atoms with E-state index in [9.17, 15) is 5.11 Å². The minimum absolute atomic E-state index is 0.332. The van der Waals surface area contributed by atoms with E-state index in [4.69, 9.17) is 4.74 Å². The average molecular weight is 339 g/mol.